The number of rotatable bonds is 49. The third kappa shape index (κ3) is 47.6. The Morgan fingerprint density at radius 3 is 1.22 bits per heavy atom. The van der Waals surface area contributed by atoms with E-state index in [4.69, 9.17) is 4.74 Å². The van der Waals surface area contributed by atoms with Gasteiger partial charge >= 0.3 is 5.97 Å². The molecule has 1 amide bonds. The lowest BCUT2D eigenvalue weighted by Crippen LogP contribution is -2.46. The maximum absolute atomic E-state index is 13.2. The molecular formula is C59H105NO5. The molecule has 0 aromatic heterocycles. The molecule has 0 aliphatic carbocycles. The summed E-state index contributed by atoms with van der Waals surface area (Å²) < 4.78 is 5.92. The second kappa shape index (κ2) is 52.3. The Morgan fingerprint density at radius 2 is 0.785 bits per heavy atom. The van der Waals surface area contributed by atoms with Gasteiger partial charge in [-0.3, -0.25) is 9.59 Å². The number of esters is 1. The van der Waals surface area contributed by atoms with Crippen molar-refractivity contribution >= 4 is 11.9 Å². The van der Waals surface area contributed by atoms with Crippen LogP contribution in [0.5, 0.6) is 0 Å². The summed E-state index contributed by atoms with van der Waals surface area (Å²) in [6.07, 6.45) is 66.7. The lowest BCUT2D eigenvalue weighted by atomic mass is 10.0. The fraction of sp³-hybridized carbons (Fsp3) is 0.763. The van der Waals surface area contributed by atoms with Crippen LogP contribution in [0.1, 0.15) is 265 Å². The second-order valence-electron chi connectivity index (χ2n) is 18.6. The number of nitrogens with one attached hydrogen (secondary N) is 1. The van der Waals surface area contributed by atoms with E-state index in [2.05, 4.69) is 99.0 Å². The zero-order valence-corrected chi connectivity index (χ0v) is 42.9. The van der Waals surface area contributed by atoms with Crippen LogP contribution in [0, 0.1) is 0 Å². The molecule has 6 heteroatoms. The van der Waals surface area contributed by atoms with E-state index in [0.717, 1.165) is 83.5 Å². The highest BCUT2D eigenvalue weighted by atomic mass is 16.5. The standard InChI is InChI=1S/C59H105NO5/c1-4-7-10-13-16-19-22-25-28-29-31-34-37-40-43-46-49-52-59(64)65-55(50-47-44-41-38-35-32-30-26-23-20-17-14-11-8-5-2)53-58(63)60-56(54-61)57(62)51-48-45-42-39-36-33-27-24-21-18-15-12-9-6-3/h16-17,19-20,25-26,28,30-31,34,40,43,55-57,61-62H,4-15,18,21-24,27,29,32-33,35-39,41-42,44-54H2,1-3H3,(H,60,63)/b19-16-,20-17-,28-25-,30-26-,34-31-,43-40-. The molecule has 65 heavy (non-hydrogen) atoms. The molecule has 6 nitrogen and oxygen atoms in total. The molecule has 376 valence electrons. The second-order valence-corrected chi connectivity index (χ2v) is 18.6. The molecule has 0 rings (SSSR count). The number of aliphatic hydroxyl groups is 2. The average molecular weight is 908 g/mol. The van der Waals surface area contributed by atoms with Gasteiger partial charge in [0.05, 0.1) is 25.2 Å². The summed E-state index contributed by atoms with van der Waals surface area (Å²) in [4.78, 5) is 26.2. The third-order valence-electron chi connectivity index (χ3n) is 12.3. The summed E-state index contributed by atoms with van der Waals surface area (Å²) >= 11 is 0. The normalized spacial score (nSPS) is 13.7. The summed E-state index contributed by atoms with van der Waals surface area (Å²) in [6.45, 7) is 6.42. The number of carbonyl (C=O) groups is 2. The summed E-state index contributed by atoms with van der Waals surface area (Å²) in [6, 6.07) is -0.720. The number of hydrogen-bond donors (Lipinski definition) is 3. The molecule has 0 fully saturated rings. The Bertz CT molecular complexity index is 1200. The summed E-state index contributed by atoms with van der Waals surface area (Å²) in [7, 11) is 0. The van der Waals surface area contributed by atoms with Crippen LogP contribution in [0.4, 0.5) is 0 Å². The van der Waals surface area contributed by atoms with Crippen LogP contribution in [0.2, 0.25) is 0 Å². The van der Waals surface area contributed by atoms with Gasteiger partial charge in [-0.1, -0.05) is 229 Å². The van der Waals surface area contributed by atoms with Crippen LogP contribution in [-0.4, -0.2) is 46.9 Å². The first-order valence-electron chi connectivity index (χ1n) is 27.7. The maximum atomic E-state index is 13.2. The zero-order valence-electron chi connectivity index (χ0n) is 42.9. The van der Waals surface area contributed by atoms with Gasteiger partial charge in [-0.05, 0) is 96.3 Å². The molecule has 0 spiro atoms. The van der Waals surface area contributed by atoms with Crippen LogP contribution in [0.15, 0.2) is 72.9 Å². The highest BCUT2D eigenvalue weighted by molar-refractivity contribution is 5.77. The quantitative estimate of drug-likeness (QED) is 0.0321. The predicted molar refractivity (Wildman–Crippen MR) is 282 cm³/mol. The van der Waals surface area contributed by atoms with E-state index in [-0.39, 0.29) is 24.9 Å². The number of unbranched alkanes of at least 4 members (excludes halogenated alkanes) is 25. The van der Waals surface area contributed by atoms with Gasteiger partial charge in [0.15, 0.2) is 0 Å². The highest BCUT2D eigenvalue weighted by Gasteiger charge is 2.24. The highest BCUT2D eigenvalue weighted by Crippen LogP contribution is 2.17. The van der Waals surface area contributed by atoms with Gasteiger partial charge in [0.25, 0.3) is 0 Å². The molecule has 0 aromatic rings. The minimum atomic E-state index is -0.804. The average Bonchev–Trinajstić information content (AvgIpc) is 3.30. The number of hydrogen-bond acceptors (Lipinski definition) is 5. The molecule has 0 bridgehead atoms. The van der Waals surface area contributed by atoms with Crippen molar-refractivity contribution in [1.82, 2.24) is 5.32 Å². The number of allylic oxidation sites excluding steroid dienone is 12. The van der Waals surface area contributed by atoms with Gasteiger partial charge < -0.3 is 20.3 Å². The van der Waals surface area contributed by atoms with Crippen LogP contribution >= 0.6 is 0 Å². The van der Waals surface area contributed by atoms with E-state index in [1.165, 1.54) is 128 Å². The Hall–Kier alpha value is -2.70. The fourth-order valence-electron chi connectivity index (χ4n) is 8.04. The van der Waals surface area contributed by atoms with E-state index >= 15 is 0 Å². The topological polar surface area (TPSA) is 95.9 Å². The van der Waals surface area contributed by atoms with E-state index in [9.17, 15) is 19.8 Å². The number of carbonyl (C=O) groups excluding carboxylic acids is 2. The first-order valence-corrected chi connectivity index (χ1v) is 27.7. The minimum absolute atomic E-state index is 0.0445. The minimum Gasteiger partial charge on any atom is -0.462 e. The number of aliphatic hydroxyl groups excluding tert-OH is 2. The van der Waals surface area contributed by atoms with Gasteiger partial charge in [-0.2, -0.15) is 0 Å². The fourth-order valence-corrected chi connectivity index (χ4v) is 8.04. The van der Waals surface area contributed by atoms with Gasteiger partial charge in [-0.15, -0.1) is 0 Å². The molecule has 3 N–H and O–H groups in total. The number of amides is 1. The number of ether oxygens (including phenoxy) is 1. The van der Waals surface area contributed by atoms with Gasteiger partial charge in [0.1, 0.15) is 6.10 Å². The largest absolute Gasteiger partial charge is 0.462 e. The lowest BCUT2D eigenvalue weighted by Gasteiger charge is -2.24. The van der Waals surface area contributed by atoms with E-state index in [0.29, 0.717) is 25.7 Å². The van der Waals surface area contributed by atoms with Crippen LogP contribution < -0.4 is 5.32 Å². The van der Waals surface area contributed by atoms with Crippen molar-refractivity contribution in [2.24, 2.45) is 0 Å². The molecule has 3 atom stereocenters. The molecule has 3 unspecified atom stereocenters. The molecule has 0 saturated heterocycles. The smallest absolute Gasteiger partial charge is 0.306 e. The molecule has 0 heterocycles. The molecule has 0 aromatic carbocycles. The Balaban J connectivity index is 4.69. The maximum Gasteiger partial charge on any atom is 0.306 e. The SMILES string of the molecule is CCCCC/C=C\C/C=C\C/C=C\C/C=C\CCCC(=O)OC(CCCCCCC/C=C\C/C=C\CCCCC)CC(=O)NC(CO)C(O)CCCCCCCCCCCCCCCC. The Morgan fingerprint density at radius 1 is 0.446 bits per heavy atom. The van der Waals surface area contributed by atoms with Gasteiger partial charge in [-0.25, -0.2) is 0 Å². The molecule has 0 saturated carbocycles. The van der Waals surface area contributed by atoms with Crippen molar-refractivity contribution in [3.63, 3.8) is 0 Å². The molecule has 0 radical (unpaired) electrons. The molecule has 0 aliphatic rings. The molecular weight excluding hydrogens is 803 g/mol. The monoisotopic (exact) mass is 908 g/mol. The Labute approximate surface area is 402 Å². The summed E-state index contributed by atoms with van der Waals surface area (Å²) in [5.41, 5.74) is 0. The lowest BCUT2D eigenvalue weighted by molar-refractivity contribution is -0.151. The first-order chi connectivity index (χ1) is 32.0. The molecule has 0 aliphatic heterocycles. The van der Waals surface area contributed by atoms with Gasteiger partial charge in [0, 0.05) is 6.42 Å². The van der Waals surface area contributed by atoms with Crippen molar-refractivity contribution in [3.8, 4) is 0 Å². The van der Waals surface area contributed by atoms with E-state index < -0.39 is 18.2 Å². The predicted octanol–water partition coefficient (Wildman–Crippen LogP) is 17.0. The van der Waals surface area contributed by atoms with Crippen LogP contribution in [0.25, 0.3) is 0 Å². The van der Waals surface area contributed by atoms with Crippen LogP contribution in [-0.2, 0) is 14.3 Å². The first kappa shape index (κ1) is 62.3. The third-order valence-corrected chi connectivity index (χ3v) is 12.3. The van der Waals surface area contributed by atoms with Crippen molar-refractivity contribution in [2.45, 2.75) is 283 Å². The van der Waals surface area contributed by atoms with Gasteiger partial charge in [0.2, 0.25) is 5.91 Å². The summed E-state index contributed by atoms with van der Waals surface area (Å²) in [5, 5.41) is 23.8. The summed E-state index contributed by atoms with van der Waals surface area (Å²) in [5.74, 6) is -0.552. The van der Waals surface area contributed by atoms with E-state index in [1.807, 2.05) is 0 Å². The van der Waals surface area contributed by atoms with Crippen LogP contribution in [0.3, 0.4) is 0 Å². The zero-order chi connectivity index (χ0) is 47.4. The van der Waals surface area contributed by atoms with E-state index in [1.54, 1.807) is 0 Å². The van der Waals surface area contributed by atoms with Crippen molar-refractivity contribution < 1.29 is 24.5 Å². The van der Waals surface area contributed by atoms with Crippen molar-refractivity contribution in [1.29, 1.82) is 0 Å². The Kier molecular flexibility index (Phi) is 50.1. The van der Waals surface area contributed by atoms with Crippen molar-refractivity contribution in [3.05, 3.63) is 72.9 Å². The van der Waals surface area contributed by atoms with Crippen molar-refractivity contribution in [2.75, 3.05) is 6.61 Å².